The highest BCUT2D eigenvalue weighted by molar-refractivity contribution is 5.98. The van der Waals surface area contributed by atoms with Crippen molar-refractivity contribution in [2.45, 2.75) is 6.54 Å². The van der Waals surface area contributed by atoms with E-state index in [0.29, 0.717) is 12.4 Å². The minimum absolute atomic E-state index is 0.279. The molecule has 0 saturated heterocycles. The molecular formula is C15H18N4O2. The zero-order chi connectivity index (χ0) is 15.4. The summed E-state index contributed by atoms with van der Waals surface area (Å²) >= 11 is 0. The second-order valence-electron chi connectivity index (χ2n) is 4.70. The van der Waals surface area contributed by atoms with Crippen molar-refractivity contribution in [2.75, 3.05) is 24.8 Å². The second kappa shape index (κ2) is 6.13. The Bertz CT molecular complexity index is 641. The van der Waals surface area contributed by atoms with Crippen LogP contribution >= 0.6 is 0 Å². The predicted molar refractivity (Wildman–Crippen MR) is 82.3 cm³/mol. The van der Waals surface area contributed by atoms with Gasteiger partial charge in [0.25, 0.3) is 5.91 Å². The van der Waals surface area contributed by atoms with Gasteiger partial charge in [-0.3, -0.25) is 4.79 Å². The van der Waals surface area contributed by atoms with Crippen molar-refractivity contribution in [3.63, 3.8) is 0 Å². The molecule has 1 aromatic carbocycles. The summed E-state index contributed by atoms with van der Waals surface area (Å²) in [6, 6.07) is 9.34. The first-order chi connectivity index (χ1) is 10.0. The van der Waals surface area contributed by atoms with Crippen LogP contribution in [-0.4, -0.2) is 25.0 Å². The Labute approximate surface area is 123 Å². The molecule has 6 nitrogen and oxygen atoms in total. The maximum Gasteiger partial charge on any atom is 0.250 e. The number of pyridine rings is 1. The Balaban J connectivity index is 2.17. The SMILES string of the molecule is COc1ccc(CN(C)c2cc(C(N)=O)c(N)cn2)cc1. The van der Waals surface area contributed by atoms with Crippen molar-refractivity contribution in [3.8, 4) is 5.75 Å². The van der Waals surface area contributed by atoms with Crippen LogP contribution in [0, 0.1) is 0 Å². The summed E-state index contributed by atoms with van der Waals surface area (Å²) in [5.74, 6) is 0.880. The fraction of sp³-hybridized carbons (Fsp3) is 0.200. The smallest absolute Gasteiger partial charge is 0.250 e. The Morgan fingerprint density at radius 1 is 1.33 bits per heavy atom. The number of hydrogen-bond donors (Lipinski definition) is 2. The predicted octanol–water partition coefficient (Wildman–Crippen LogP) is 1.41. The topological polar surface area (TPSA) is 94.5 Å². The third-order valence-electron chi connectivity index (χ3n) is 3.16. The van der Waals surface area contributed by atoms with Crippen LogP contribution in [-0.2, 0) is 6.54 Å². The molecule has 1 amide bonds. The Kier molecular flexibility index (Phi) is 4.27. The molecule has 1 aromatic heterocycles. The molecule has 2 aromatic rings. The van der Waals surface area contributed by atoms with E-state index in [-0.39, 0.29) is 11.3 Å². The van der Waals surface area contributed by atoms with Crippen LogP contribution in [0.3, 0.4) is 0 Å². The molecule has 2 rings (SSSR count). The quantitative estimate of drug-likeness (QED) is 0.866. The molecule has 0 spiro atoms. The van der Waals surface area contributed by atoms with E-state index in [1.54, 1.807) is 13.2 Å². The minimum atomic E-state index is -0.561. The molecule has 21 heavy (non-hydrogen) atoms. The van der Waals surface area contributed by atoms with Crippen molar-refractivity contribution >= 4 is 17.4 Å². The van der Waals surface area contributed by atoms with E-state index in [4.69, 9.17) is 16.2 Å². The number of amides is 1. The summed E-state index contributed by atoms with van der Waals surface area (Å²) in [7, 11) is 3.51. The van der Waals surface area contributed by atoms with Gasteiger partial charge in [-0.25, -0.2) is 4.98 Å². The lowest BCUT2D eigenvalue weighted by atomic mass is 10.2. The fourth-order valence-electron chi connectivity index (χ4n) is 1.96. The van der Waals surface area contributed by atoms with Gasteiger partial charge in [-0.15, -0.1) is 0 Å². The molecule has 0 aliphatic rings. The number of nitrogens with two attached hydrogens (primary N) is 2. The normalized spacial score (nSPS) is 10.2. The van der Waals surface area contributed by atoms with E-state index < -0.39 is 5.91 Å². The van der Waals surface area contributed by atoms with Crippen LogP contribution in [0.5, 0.6) is 5.75 Å². The monoisotopic (exact) mass is 286 g/mol. The molecular weight excluding hydrogens is 268 g/mol. The number of rotatable bonds is 5. The molecule has 6 heteroatoms. The van der Waals surface area contributed by atoms with E-state index in [0.717, 1.165) is 11.3 Å². The fourth-order valence-corrected chi connectivity index (χ4v) is 1.96. The van der Waals surface area contributed by atoms with Gasteiger partial charge in [-0.1, -0.05) is 12.1 Å². The van der Waals surface area contributed by atoms with Crippen LogP contribution in [0.25, 0.3) is 0 Å². The minimum Gasteiger partial charge on any atom is -0.497 e. The molecule has 0 saturated carbocycles. The van der Waals surface area contributed by atoms with E-state index in [1.165, 1.54) is 6.20 Å². The Morgan fingerprint density at radius 2 is 2.00 bits per heavy atom. The first-order valence-electron chi connectivity index (χ1n) is 6.40. The summed E-state index contributed by atoms with van der Waals surface area (Å²) in [6.07, 6.45) is 1.44. The molecule has 0 atom stereocenters. The zero-order valence-corrected chi connectivity index (χ0v) is 12.0. The summed E-state index contributed by atoms with van der Waals surface area (Å²) < 4.78 is 5.12. The lowest BCUT2D eigenvalue weighted by Crippen LogP contribution is -2.20. The molecule has 0 aliphatic heterocycles. The number of nitrogen functional groups attached to an aromatic ring is 1. The molecule has 0 aliphatic carbocycles. The summed E-state index contributed by atoms with van der Waals surface area (Å²) in [5, 5.41) is 0. The Morgan fingerprint density at radius 3 is 2.57 bits per heavy atom. The number of ether oxygens (including phenoxy) is 1. The molecule has 1 heterocycles. The highest BCUT2D eigenvalue weighted by Gasteiger charge is 2.11. The second-order valence-corrected chi connectivity index (χ2v) is 4.70. The third kappa shape index (κ3) is 3.42. The van der Waals surface area contributed by atoms with Crippen molar-refractivity contribution in [3.05, 3.63) is 47.7 Å². The maximum atomic E-state index is 11.3. The van der Waals surface area contributed by atoms with Gasteiger partial charge in [0.15, 0.2) is 0 Å². The number of benzene rings is 1. The molecule has 0 unspecified atom stereocenters. The largest absolute Gasteiger partial charge is 0.497 e. The lowest BCUT2D eigenvalue weighted by Gasteiger charge is -2.19. The van der Waals surface area contributed by atoms with Gasteiger partial charge in [0.2, 0.25) is 0 Å². The molecule has 0 bridgehead atoms. The number of carbonyl (C=O) groups excluding carboxylic acids is 1. The number of hydrogen-bond acceptors (Lipinski definition) is 5. The van der Waals surface area contributed by atoms with E-state index in [2.05, 4.69) is 4.98 Å². The van der Waals surface area contributed by atoms with E-state index in [1.807, 2.05) is 36.2 Å². The molecule has 110 valence electrons. The van der Waals surface area contributed by atoms with Crippen LogP contribution in [0.15, 0.2) is 36.5 Å². The number of aromatic nitrogens is 1. The highest BCUT2D eigenvalue weighted by Crippen LogP contribution is 2.19. The number of nitrogens with zero attached hydrogens (tertiary/aromatic N) is 2. The Hall–Kier alpha value is -2.76. The van der Waals surface area contributed by atoms with Gasteiger partial charge in [0.05, 0.1) is 24.6 Å². The van der Waals surface area contributed by atoms with E-state index >= 15 is 0 Å². The molecule has 0 radical (unpaired) electrons. The van der Waals surface area contributed by atoms with Crippen LogP contribution < -0.4 is 21.1 Å². The summed E-state index contributed by atoms with van der Waals surface area (Å²) in [5.41, 5.74) is 12.6. The van der Waals surface area contributed by atoms with Crippen LogP contribution in [0.2, 0.25) is 0 Å². The third-order valence-corrected chi connectivity index (χ3v) is 3.16. The number of primary amides is 1. The van der Waals surface area contributed by atoms with Crippen molar-refractivity contribution in [1.82, 2.24) is 4.98 Å². The standard InChI is InChI=1S/C15H18N4O2/c1-19(9-10-3-5-11(21-2)6-4-10)14-7-12(15(17)20)13(16)8-18-14/h3-8H,9,16H2,1-2H3,(H2,17,20). The van der Waals surface area contributed by atoms with Gasteiger partial charge >= 0.3 is 0 Å². The van der Waals surface area contributed by atoms with Gasteiger partial charge in [0, 0.05) is 13.6 Å². The maximum absolute atomic E-state index is 11.3. The average molecular weight is 286 g/mol. The van der Waals surface area contributed by atoms with Gasteiger partial charge in [0.1, 0.15) is 11.6 Å². The van der Waals surface area contributed by atoms with Crippen molar-refractivity contribution in [1.29, 1.82) is 0 Å². The zero-order valence-electron chi connectivity index (χ0n) is 12.0. The van der Waals surface area contributed by atoms with Gasteiger partial charge in [-0.2, -0.15) is 0 Å². The summed E-state index contributed by atoms with van der Waals surface area (Å²) in [6.45, 7) is 0.638. The van der Waals surface area contributed by atoms with Gasteiger partial charge < -0.3 is 21.1 Å². The van der Waals surface area contributed by atoms with Crippen LogP contribution in [0.4, 0.5) is 11.5 Å². The first-order valence-corrected chi connectivity index (χ1v) is 6.40. The number of anilines is 2. The molecule has 0 fully saturated rings. The number of methoxy groups -OCH3 is 1. The first kappa shape index (κ1) is 14.6. The number of carbonyl (C=O) groups is 1. The van der Waals surface area contributed by atoms with Crippen LogP contribution in [0.1, 0.15) is 15.9 Å². The van der Waals surface area contributed by atoms with Crippen molar-refractivity contribution in [2.24, 2.45) is 5.73 Å². The van der Waals surface area contributed by atoms with E-state index in [9.17, 15) is 4.79 Å². The highest BCUT2D eigenvalue weighted by atomic mass is 16.5. The molecule has 4 N–H and O–H groups in total. The average Bonchev–Trinajstić information content (AvgIpc) is 2.48. The lowest BCUT2D eigenvalue weighted by molar-refractivity contribution is 0.100. The van der Waals surface area contributed by atoms with Gasteiger partial charge in [-0.05, 0) is 23.8 Å². The summed E-state index contributed by atoms with van der Waals surface area (Å²) in [4.78, 5) is 17.4. The van der Waals surface area contributed by atoms with Crippen molar-refractivity contribution < 1.29 is 9.53 Å².